The van der Waals surface area contributed by atoms with Gasteiger partial charge in [-0.1, -0.05) is 6.07 Å². The van der Waals surface area contributed by atoms with Crippen molar-refractivity contribution in [1.82, 2.24) is 15.1 Å². The van der Waals surface area contributed by atoms with Gasteiger partial charge in [0.15, 0.2) is 11.5 Å². The molecule has 2 aromatic carbocycles. The first-order valence-electron chi connectivity index (χ1n) is 9.99. The minimum absolute atomic E-state index is 0.228. The van der Waals surface area contributed by atoms with Crippen molar-refractivity contribution in [3.8, 4) is 11.5 Å². The number of nitrogens with one attached hydrogen (secondary N) is 1. The number of ether oxygens (including phenoxy) is 2. The molecule has 0 fully saturated rings. The summed E-state index contributed by atoms with van der Waals surface area (Å²) in [6, 6.07) is 10.1. The smallest absolute Gasteiger partial charge is 0.261 e. The Balaban J connectivity index is 1.69. The number of fused-ring (bicyclic) bond motifs is 1. The summed E-state index contributed by atoms with van der Waals surface area (Å²) in [4.78, 5) is 41.1. The van der Waals surface area contributed by atoms with Gasteiger partial charge in [-0.15, -0.1) is 0 Å². The van der Waals surface area contributed by atoms with Gasteiger partial charge < -0.3 is 19.7 Å². The highest BCUT2D eigenvalue weighted by Crippen LogP contribution is 2.29. The fraction of sp³-hybridized carbons (Fsp3) is 0.348. The number of nitrogens with zero attached hydrogens (tertiary/aromatic N) is 2. The van der Waals surface area contributed by atoms with E-state index in [0.717, 1.165) is 5.56 Å². The van der Waals surface area contributed by atoms with E-state index in [1.165, 1.54) is 11.0 Å². The second-order valence-corrected chi connectivity index (χ2v) is 7.52. The molecule has 2 aromatic rings. The lowest BCUT2D eigenvalue weighted by Crippen LogP contribution is -2.32. The van der Waals surface area contributed by atoms with Gasteiger partial charge in [0, 0.05) is 25.2 Å². The number of carbonyl (C=O) groups is 3. The van der Waals surface area contributed by atoms with E-state index in [-0.39, 0.29) is 29.8 Å². The number of benzene rings is 2. The average molecular weight is 425 g/mol. The third-order valence-corrected chi connectivity index (χ3v) is 5.15. The Morgan fingerprint density at radius 2 is 1.68 bits per heavy atom. The lowest BCUT2D eigenvalue weighted by molar-refractivity contribution is 0.0656. The van der Waals surface area contributed by atoms with Crippen molar-refractivity contribution < 1.29 is 23.9 Å². The molecule has 3 amide bonds. The minimum Gasteiger partial charge on any atom is -0.493 e. The van der Waals surface area contributed by atoms with Crippen LogP contribution in [0.25, 0.3) is 0 Å². The third kappa shape index (κ3) is 4.86. The van der Waals surface area contributed by atoms with Crippen molar-refractivity contribution in [3.05, 3.63) is 58.7 Å². The molecule has 0 radical (unpaired) electrons. The number of carbonyl (C=O) groups excluding carboxylic acids is 3. The normalized spacial score (nSPS) is 12.9. The van der Waals surface area contributed by atoms with E-state index in [0.29, 0.717) is 42.1 Å². The minimum atomic E-state index is -0.386. The van der Waals surface area contributed by atoms with Crippen LogP contribution >= 0.6 is 0 Å². The highest BCUT2D eigenvalue weighted by Gasteiger charge is 2.35. The molecule has 1 aliphatic heterocycles. The molecule has 1 aliphatic rings. The fourth-order valence-electron chi connectivity index (χ4n) is 3.41. The van der Waals surface area contributed by atoms with Crippen LogP contribution in [0.3, 0.4) is 0 Å². The van der Waals surface area contributed by atoms with E-state index < -0.39 is 0 Å². The number of amides is 3. The van der Waals surface area contributed by atoms with Gasteiger partial charge in [-0.2, -0.15) is 0 Å². The first-order valence-corrected chi connectivity index (χ1v) is 9.99. The van der Waals surface area contributed by atoms with Gasteiger partial charge >= 0.3 is 0 Å². The Morgan fingerprint density at radius 3 is 2.35 bits per heavy atom. The maximum Gasteiger partial charge on any atom is 0.261 e. The van der Waals surface area contributed by atoms with Crippen LogP contribution in [0.5, 0.6) is 11.5 Å². The van der Waals surface area contributed by atoms with Crippen molar-refractivity contribution in [3.63, 3.8) is 0 Å². The van der Waals surface area contributed by atoms with Gasteiger partial charge in [-0.3, -0.25) is 19.3 Å². The van der Waals surface area contributed by atoms with Crippen molar-refractivity contribution in [2.75, 3.05) is 47.9 Å². The lowest BCUT2D eigenvalue weighted by atomic mass is 10.1. The van der Waals surface area contributed by atoms with E-state index in [1.54, 1.807) is 32.4 Å². The molecular formula is C23H27N3O5. The summed E-state index contributed by atoms with van der Waals surface area (Å²) in [5, 5.41) is 2.81. The molecule has 0 bridgehead atoms. The van der Waals surface area contributed by atoms with Gasteiger partial charge in [-0.25, -0.2) is 0 Å². The van der Waals surface area contributed by atoms with E-state index in [4.69, 9.17) is 9.47 Å². The summed E-state index contributed by atoms with van der Waals surface area (Å²) in [5.74, 6) is 0.202. The highest BCUT2D eigenvalue weighted by molar-refractivity contribution is 6.22. The van der Waals surface area contributed by atoms with Gasteiger partial charge in [0.25, 0.3) is 17.7 Å². The maximum atomic E-state index is 12.9. The number of rotatable bonds is 9. The van der Waals surface area contributed by atoms with Crippen LogP contribution in [-0.2, 0) is 6.42 Å². The zero-order valence-electron chi connectivity index (χ0n) is 18.2. The molecule has 8 heteroatoms. The van der Waals surface area contributed by atoms with Crippen LogP contribution in [0, 0.1) is 0 Å². The van der Waals surface area contributed by atoms with Crippen LogP contribution in [0.4, 0.5) is 0 Å². The van der Waals surface area contributed by atoms with Crippen LogP contribution in [0.15, 0.2) is 36.4 Å². The summed E-state index contributed by atoms with van der Waals surface area (Å²) in [5.41, 5.74) is 1.86. The Labute approximate surface area is 181 Å². The zero-order valence-corrected chi connectivity index (χ0v) is 18.2. The monoisotopic (exact) mass is 425 g/mol. The van der Waals surface area contributed by atoms with Crippen molar-refractivity contribution in [2.24, 2.45) is 0 Å². The molecule has 0 atom stereocenters. The summed E-state index contributed by atoms with van der Waals surface area (Å²) in [7, 11) is 6.96. The predicted octanol–water partition coefficient (Wildman–Crippen LogP) is 1.83. The number of likely N-dealkylation sites (N-methyl/N-ethyl adjacent to an activating group) is 1. The van der Waals surface area contributed by atoms with Crippen LogP contribution in [-0.4, -0.2) is 75.5 Å². The number of methoxy groups -OCH3 is 2. The van der Waals surface area contributed by atoms with E-state index in [9.17, 15) is 14.4 Å². The standard InChI is InChI=1S/C23H27N3O5/c1-25(2)12-10-24-21(27)16-6-7-17-18(14-16)23(29)26(22(17)28)11-9-15-5-8-19(30-3)20(13-15)31-4/h5-8,13-14H,9-12H2,1-4H3,(H,24,27). The first-order chi connectivity index (χ1) is 14.8. The topological polar surface area (TPSA) is 88.2 Å². The van der Waals surface area contributed by atoms with Gasteiger partial charge in [0.05, 0.1) is 25.3 Å². The summed E-state index contributed by atoms with van der Waals surface area (Å²) < 4.78 is 10.5. The van der Waals surface area contributed by atoms with Crippen molar-refractivity contribution >= 4 is 17.7 Å². The molecule has 0 unspecified atom stereocenters. The van der Waals surface area contributed by atoms with Crippen molar-refractivity contribution in [2.45, 2.75) is 6.42 Å². The molecule has 0 aromatic heterocycles. The maximum absolute atomic E-state index is 12.9. The largest absolute Gasteiger partial charge is 0.493 e. The molecule has 164 valence electrons. The second kappa shape index (κ2) is 9.61. The second-order valence-electron chi connectivity index (χ2n) is 7.52. The summed E-state index contributed by atoms with van der Waals surface area (Å²) in [6.07, 6.45) is 0.476. The van der Waals surface area contributed by atoms with Gasteiger partial charge in [-0.05, 0) is 56.4 Å². The Morgan fingerprint density at radius 1 is 0.968 bits per heavy atom. The zero-order chi connectivity index (χ0) is 22.5. The molecule has 3 rings (SSSR count). The molecule has 1 N–H and O–H groups in total. The van der Waals surface area contributed by atoms with E-state index in [2.05, 4.69) is 5.32 Å². The Bertz CT molecular complexity index is 1000. The summed E-state index contributed by atoms with van der Waals surface area (Å²) in [6.45, 7) is 1.43. The van der Waals surface area contributed by atoms with Crippen LogP contribution in [0.1, 0.15) is 36.6 Å². The molecule has 31 heavy (non-hydrogen) atoms. The van der Waals surface area contributed by atoms with Gasteiger partial charge in [0.2, 0.25) is 0 Å². The fourth-order valence-corrected chi connectivity index (χ4v) is 3.41. The SMILES string of the molecule is COc1ccc(CCN2C(=O)c3ccc(C(=O)NCCN(C)C)cc3C2=O)cc1OC. The van der Waals surface area contributed by atoms with Crippen LogP contribution < -0.4 is 14.8 Å². The van der Waals surface area contributed by atoms with E-state index in [1.807, 2.05) is 31.1 Å². The predicted molar refractivity (Wildman–Crippen MR) is 116 cm³/mol. The number of hydrogen-bond donors (Lipinski definition) is 1. The molecule has 0 saturated heterocycles. The van der Waals surface area contributed by atoms with Crippen molar-refractivity contribution in [1.29, 1.82) is 0 Å². The molecule has 0 spiro atoms. The molecule has 8 nitrogen and oxygen atoms in total. The highest BCUT2D eigenvalue weighted by atomic mass is 16.5. The summed E-state index contributed by atoms with van der Waals surface area (Å²) >= 11 is 0. The third-order valence-electron chi connectivity index (χ3n) is 5.15. The van der Waals surface area contributed by atoms with Crippen LogP contribution in [0.2, 0.25) is 0 Å². The van der Waals surface area contributed by atoms with E-state index >= 15 is 0 Å². The number of imide groups is 1. The lowest BCUT2D eigenvalue weighted by Gasteiger charge is -2.14. The quantitative estimate of drug-likeness (QED) is 0.617. The Hall–Kier alpha value is -3.39. The Kier molecular flexibility index (Phi) is 6.91. The molecular weight excluding hydrogens is 398 g/mol. The molecule has 1 heterocycles. The molecule has 0 aliphatic carbocycles. The first kappa shape index (κ1) is 22.3. The van der Waals surface area contributed by atoms with Gasteiger partial charge in [0.1, 0.15) is 0 Å². The number of hydrogen-bond acceptors (Lipinski definition) is 6. The molecule has 0 saturated carbocycles. The average Bonchev–Trinajstić information content (AvgIpc) is 3.00.